The van der Waals surface area contributed by atoms with Crippen molar-refractivity contribution in [2.75, 3.05) is 13.1 Å². The summed E-state index contributed by atoms with van der Waals surface area (Å²) in [5, 5.41) is 0. The molecule has 2 fully saturated rings. The van der Waals surface area contributed by atoms with Crippen LogP contribution in [0.2, 0.25) is 0 Å². The van der Waals surface area contributed by atoms with Gasteiger partial charge >= 0.3 is 0 Å². The van der Waals surface area contributed by atoms with Gasteiger partial charge in [0.1, 0.15) is 5.76 Å². The van der Waals surface area contributed by atoms with E-state index in [1.54, 1.807) is 46.7 Å². The van der Waals surface area contributed by atoms with Crippen LogP contribution in [0.15, 0.2) is 45.9 Å². The average molecular weight is 403 g/mol. The van der Waals surface area contributed by atoms with Gasteiger partial charge in [-0.05, 0) is 62.4 Å². The Kier molecular flexibility index (Phi) is 5.29. The lowest BCUT2D eigenvalue weighted by atomic mass is 10.1. The van der Waals surface area contributed by atoms with Crippen molar-refractivity contribution in [1.29, 1.82) is 0 Å². The van der Waals surface area contributed by atoms with Crippen molar-refractivity contribution in [1.82, 2.24) is 9.21 Å². The van der Waals surface area contributed by atoms with E-state index in [0.717, 1.165) is 37.9 Å². The largest absolute Gasteiger partial charge is 0.467 e. The van der Waals surface area contributed by atoms with Gasteiger partial charge in [-0.25, -0.2) is 8.42 Å². The molecule has 1 aliphatic carbocycles. The van der Waals surface area contributed by atoms with E-state index in [9.17, 15) is 13.2 Å². The van der Waals surface area contributed by atoms with Gasteiger partial charge in [-0.3, -0.25) is 4.79 Å². The highest BCUT2D eigenvalue weighted by atomic mass is 32.2. The summed E-state index contributed by atoms with van der Waals surface area (Å²) in [5.41, 5.74) is 1.09. The number of furan rings is 1. The molecule has 1 saturated carbocycles. The molecular weight excluding hydrogens is 376 g/mol. The van der Waals surface area contributed by atoms with Crippen LogP contribution < -0.4 is 0 Å². The molecule has 0 bridgehead atoms. The Morgan fingerprint density at radius 2 is 1.93 bits per heavy atom. The SMILES string of the molecule is Cc1ccc(C(=O)N(Cc2ccco2)C2CC2)cc1S(=O)(=O)N1CCCCC1. The highest BCUT2D eigenvalue weighted by Gasteiger charge is 2.34. The number of benzene rings is 1. The molecule has 1 saturated heterocycles. The van der Waals surface area contributed by atoms with E-state index in [-0.39, 0.29) is 16.8 Å². The number of rotatable bonds is 6. The minimum atomic E-state index is -3.58. The summed E-state index contributed by atoms with van der Waals surface area (Å²) in [4.78, 5) is 15.2. The van der Waals surface area contributed by atoms with Gasteiger partial charge in [-0.15, -0.1) is 0 Å². The van der Waals surface area contributed by atoms with E-state index in [0.29, 0.717) is 30.8 Å². The number of hydrogen-bond acceptors (Lipinski definition) is 4. The second kappa shape index (κ2) is 7.72. The molecule has 6 nitrogen and oxygen atoms in total. The fourth-order valence-electron chi connectivity index (χ4n) is 3.74. The molecule has 1 aromatic carbocycles. The summed E-state index contributed by atoms with van der Waals surface area (Å²) in [6.07, 6.45) is 6.37. The highest BCUT2D eigenvalue weighted by Crippen LogP contribution is 2.31. The number of aryl methyl sites for hydroxylation is 1. The van der Waals surface area contributed by atoms with Crippen molar-refractivity contribution in [2.24, 2.45) is 0 Å². The number of sulfonamides is 1. The number of piperidine rings is 1. The van der Waals surface area contributed by atoms with Gasteiger partial charge in [0.15, 0.2) is 0 Å². The van der Waals surface area contributed by atoms with Crippen LogP contribution in [0.1, 0.15) is 53.8 Å². The summed E-state index contributed by atoms with van der Waals surface area (Å²) < 4.78 is 33.2. The minimum absolute atomic E-state index is 0.144. The molecule has 28 heavy (non-hydrogen) atoms. The molecule has 4 rings (SSSR count). The van der Waals surface area contributed by atoms with Gasteiger partial charge in [0.05, 0.1) is 17.7 Å². The maximum Gasteiger partial charge on any atom is 0.254 e. The molecule has 1 aliphatic heterocycles. The van der Waals surface area contributed by atoms with Crippen molar-refractivity contribution < 1.29 is 17.6 Å². The molecule has 2 aromatic rings. The van der Waals surface area contributed by atoms with E-state index < -0.39 is 10.0 Å². The number of nitrogens with zero attached hydrogens (tertiary/aromatic N) is 2. The van der Waals surface area contributed by atoms with Gasteiger partial charge in [-0.1, -0.05) is 12.5 Å². The summed E-state index contributed by atoms with van der Waals surface area (Å²) in [5.74, 6) is 0.586. The fraction of sp³-hybridized carbons (Fsp3) is 0.476. The molecule has 0 radical (unpaired) electrons. The molecule has 2 aliphatic rings. The van der Waals surface area contributed by atoms with E-state index in [1.807, 2.05) is 6.07 Å². The minimum Gasteiger partial charge on any atom is -0.467 e. The summed E-state index contributed by atoms with van der Waals surface area (Å²) >= 11 is 0. The zero-order chi connectivity index (χ0) is 19.7. The van der Waals surface area contributed by atoms with Crippen LogP contribution in [0, 0.1) is 6.92 Å². The summed E-state index contributed by atoms with van der Waals surface area (Å²) in [7, 11) is -3.58. The lowest BCUT2D eigenvalue weighted by molar-refractivity contribution is 0.0717. The molecule has 1 amide bonds. The Morgan fingerprint density at radius 3 is 2.57 bits per heavy atom. The number of carbonyl (C=O) groups is 1. The molecular formula is C21H26N2O4S. The van der Waals surface area contributed by atoms with Crippen LogP contribution in [-0.2, 0) is 16.6 Å². The van der Waals surface area contributed by atoms with Crippen molar-refractivity contribution in [3.63, 3.8) is 0 Å². The zero-order valence-corrected chi connectivity index (χ0v) is 17.0. The van der Waals surface area contributed by atoms with Gasteiger partial charge < -0.3 is 9.32 Å². The Balaban J connectivity index is 1.63. The first-order valence-electron chi connectivity index (χ1n) is 9.91. The van der Waals surface area contributed by atoms with Crippen LogP contribution in [-0.4, -0.2) is 42.7 Å². The zero-order valence-electron chi connectivity index (χ0n) is 16.1. The molecule has 1 aromatic heterocycles. The van der Waals surface area contributed by atoms with Crippen molar-refractivity contribution in [3.8, 4) is 0 Å². The maximum absolute atomic E-state index is 13.2. The Hall–Kier alpha value is -2.12. The highest BCUT2D eigenvalue weighted by molar-refractivity contribution is 7.89. The molecule has 0 N–H and O–H groups in total. The van der Waals surface area contributed by atoms with E-state index in [2.05, 4.69) is 0 Å². The summed E-state index contributed by atoms with van der Waals surface area (Å²) in [6.45, 7) is 3.28. The second-order valence-corrected chi connectivity index (χ2v) is 9.59. The van der Waals surface area contributed by atoms with Crippen molar-refractivity contribution in [3.05, 3.63) is 53.5 Å². The Labute approximate surface area is 166 Å². The molecule has 7 heteroatoms. The van der Waals surface area contributed by atoms with Crippen LogP contribution in [0.3, 0.4) is 0 Å². The van der Waals surface area contributed by atoms with E-state index in [1.165, 1.54) is 0 Å². The number of hydrogen-bond donors (Lipinski definition) is 0. The van der Waals surface area contributed by atoms with Crippen molar-refractivity contribution >= 4 is 15.9 Å². The first kappa shape index (κ1) is 19.2. The average Bonchev–Trinajstić information content (AvgIpc) is 3.42. The predicted molar refractivity (Wildman–Crippen MR) is 105 cm³/mol. The van der Waals surface area contributed by atoms with Gasteiger partial charge in [0, 0.05) is 24.7 Å². The van der Waals surface area contributed by atoms with Gasteiger partial charge in [0.2, 0.25) is 10.0 Å². The summed E-state index contributed by atoms with van der Waals surface area (Å²) in [6, 6.07) is 8.87. The third-order valence-electron chi connectivity index (χ3n) is 5.52. The standard InChI is InChI=1S/C21H26N2O4S/c1-16-7-8-17(14-20(16)28(25,26)22-11-3-2-4-12-22)21(24)23(18-9-10-18)15-19-6-5-13-27-19/h5-8,13-14,18H,2-4,9-12,15H2,1H3. The molecule has 150 valence electrons. The Bertz CT molecular complexity index is 943. The number of amides is 1. The van der Waals surface area contributed by atoms with Crippen LogP contribution >= 0.6 is 0 Å². The quantitative estimate of drug-likeness (QED) is 0.741. The van der Waals surface area contributed by atoms with E-state index >= 15 is 0 Å². The van der Waals surface area contributed by atoms with Crippen LogP contribution in [0.4, 0.5) is 0 Å². The molecule has 0 unspecified atom stereocenters. The Morgan fingerprint density at radius 1 is 1.18 bits per heavy atom. The van der Waals surface area contributed by atoms with E-state index in [4.69, 9.17) is 4.42 Å². The smallest absolute Gasteiger partial charge is 0.254 e. The first-order valence-corrected chi connectivity index (χ1v) is 11.3. The third kappa shape index (κ3) is 3.86. The van der Waals surface area contributed by atoms with Gasteiger partial charge in [-0.2, -0.15) is 4.31 Å². The normalized spacial score (nSPS) is 18.2. The lowest BCUT2D eigenvalue weighted by Crippen LogP contribution is -2.36. The topological polar surface area (TPSA) is 70.8 Å². The maximum atomic E-state index is 13.2. The van der Waals surface area contributed by atoms with Crippen molar-refractivity contribution in [2.45, 2.75) is 56.5 Å². The molecule has 0 spiro atoms. The van der Waals surface area contributed by atoms with Crippen LogP contribution in [0.5, 0.6) is 0 Å². The predicted octanol–water partition coefficient (Wildman–Crippen LogP) is 3.57. The van der Waals surface area contributed by atoms with Gasteiger partial charge in [0.25, 0.3) is 5.91 Å². The molecule has 0 atom stereocenters. The molecule has 2 heterocycles. The fourth-order valence-corrected chi connectivity index (χ4v) is 5.51. The number of carbonyl (C=O) groups excluding carboxylic acids is 1. The lowest BCUT2D eigenvalue weighted by Gasteiger charge is -2.27. The second-order valence-electron chi connectivity index (χ2n) is 7.69. The monoisotopic (exact) mass is 402 g/mol. The van der Waals surface area contributed by atoms with Crippen LogP contribution in [0.25, 0.3) is 0 Å². The third-order valence-corrected chi connectivity index (χ3v) is 7.56. The first-order chi connectivity index (χ1) is 13.5.